The topological polar surface area (TPSA) is 78.8 Å². The largest absolute Gasteiger partial charge is 0.444 e. The number of hydrogen-bond donors (Lipinski definition) is 3. The van der Waals surface area contributed by atoms with Gasteiger partial charge in [0.15, 0.2) is 0 Å². The van der Waals surface area contributed by atoms with E-state index in [0.717, 1.165) is 0 Å². The average Bonchev–Trinajstić information content (AvgIpc) is 1.99. The summed E-state index contributed by atoms with van der Waals surface area (Å²) in [5, 5.41) is 20.2. The van der Waals surface area contributed by atoms with Crippen LogP contribution < -0.4 is 5.32 Å². The molecule has 3 N–H and O–H groups in total. The summed E-state index contributed by atoms with van der Waals surface area (Å²) in [5.74, 6) is -0.414. The van der Waals surface area contributed by atoms with Crippen molar-refractivity contribution in [1.82, 2.24) is 5.32 Å². The summed E-state index contributed by atoms with van der Waals surface area (Å²) in [6.45, 7) is 6.61. The lowest BCUT2D eigenvalue weighted by atomic mass is 10.2. The molecule has 0 rings (SSSR count). The minimum atomic E-state index is -1.09. The number of carbonyl (C=O) groups excluding carboxylic acids is 1. The first-order valence-electron chi connectivity index (χ1n) is 4.54. The fraction of sp³-hybridized carbons (Fsp3) is 0.889. The number of aliphatic hydroxyl groups excluding tert-OH is 2. The lowest BCUT2D eigenvalue weighted by Crippen LogP contribution is -2.43. The third-order valence-electron chi connectivity index (χ3n) is 1.49. The number of amides is 1. The Kier molecular flexibility index (Phi) is 4.87. The van der Waals surface area contributed by atoms with Gasteiger partial charge in [0.2, 0.25) is 0 Å². The predicted molar refractivity (Wildman–Crippen MR) is 51.6 cm³/mol. The molecule has 5 nitrogen and oxygen atoms in total. The lowest BCUT2D eigenvalue weighted by Gasteiger charge is -2.23. The zero-order valence-electron chi connectivity index (χ0n) is 9.07. The molecule has 0 aromatic carbocycles. The Morgan fingerprint density at radius 1 is 1.50 bits per heavy atom. The molecule has 0 aromatic heterocycles. The van der Waals surface area contributed by atoms with Gasteiger partial charge >= 0.3 is 6.09 Å². The molecule has 0 aromatic rings. The van der Waals surface area contributed by atoms with Gasteiger partial charge in [-0.25, -0.2) is 4.79 Å². The molecule has 0 aliphatic carbocycles. The van der Waals surface area contributed by atoms with Gasteiger partial charge < -0.3 is 14.9 Å². The van der Waals surface area contributed by atoms with Crippen molar-refractivity contribution in [2.75, 3.05) is 6.61 Å². The average molecular weight is 205 g/mol. The summed E-state index contributed by atoms with van der Waals surface area (Å²) >= 11 is 0. The van der Waals surface area contributed by atoms with Gasteiger partial charge in [-0.1, -0.05) is 6.92 Å². The number of alkyl carbamates (subject to hydrolysis) is 1. The van der Waals surface area contributed by atoms with Gasteiger partial charge in [-0.05, 0) is 20.8 Å². The number of rotatable bonds is 3. The second kappa shape index (κ2) is 5.17. The van der Waals surface area contributed by atoms with Crippen LogP contribution in [0.5, 0.6) is 0 Å². The monoisotopic (exact) mass is 205 g/mol. The van der Waals surface area contributed by atoms with Gasteiger partial charge in [0.25, 0.3) is 0 Å². The number of hydrogen-bond acceptors (Lipinski definition) is 4. The van der Waals surface area contributed by atoms with Crippen LogP contribution in [0.15, 0.2) is 0 Å². The van der Waals surface area contributed by atoms with E-state index in [2.05, 4.69) is 5.32 Å². The Morgan fingerprint density at radius 3 is 2.36 bits per heavy atom. The molecule has 84 valence electrons. The Bertz CT molecular complexity index is 188. The van der Waals surface area contributed by atoms with E-state index in [4.69, 9.17) is 9.84 Å². The highest BCUT2D eigenvalue weighted by Crippen LogP contribution is 2.07. The second-order valence-corrected chi connectivity index (χ2v) is 4.25. The van der Waals surface area contributed by atoms with Crippen LogP contribution in [0.2, 0.25) is 0 Å². The molecule has 0 heterocycles. The fourth-order valence-electron chi connectivity index (χ4n) is 0.670. The molecule has 1 amide bonds. The van der Waals surface area contributed by atoms with E-state index in [-0.39, 0.29) is 6.61 Å². The fourth-order valence-corrected chi connectivity index (χ4v) is 0.670. The molecule has 14 heavy (non-hydrogen) atoms. The molecular formula is C9H19NO4. The van der Waals surface area contributed by atoms with E-state index in [1.165, 1.54) is 0 Å². The van der Waals surface area contributed by atoms with Crippen LogP contribution in [0.1, 0.15) is 27.7 Å². The summed E-state index contributed by atoms with van der Waals surface area (Å²) in [6.07, 6.45) is -1.78. The highest BCUT2D eigenvalue weighted by Gasteiger charge is 2.20. The minimum Gasteiger partial charge on any atom is -0.444 e. The summed E-state index contributed by atoms with van der Waals surface area (Å²) in [4.78, 5) is 11.1. The normalized spacial score (nSPS) is 15.9. The molecule has 0 saturated carbocycles. The van der Waals surface area contributed by atoms with Gasteiger partial charge in [0.05, 0.1) is 0 Å². The third kappa shape index (κ3) is 5.77. The van der Waals surface area contributed by atoms with Crippen LogP contribution in [-0.2, 0) is 4.74 Å². The molecule has 2 unspecified atom stereocenters. The standard InChI is InChI=1S/C9H19NO4/c1-6(5-11)7(12)10-8(13)14-9(2,3)4/h6-7,11-12H,5H2,1-4H3,(H,10,13). The van der Waals surface area contributed by atoms with E-state index < -0.39 is 23.8 Å². The second-order valence-electron chi connectivity index (χ2n) is 4.25. The van der Waals surface area contributed by atoms with Crippen molar-refractivity contribution < 1.29 is 19.7 Å². The van der Waals surface area contributed by atoms with E-state index in [0.29, 0.717) is 0 Å². The molecule has 2 atom stereocenters. The van der Waals surface area contributed by atoms with E-state index in [9.17, 15) is 9.90 Å². The lowest BCUT2D eigenvalue weighted by molar-refractivity contribution is 0.0157. The summed E-state index contributed by atoms with van der Waals surface area (Å²) < 4.78 is 4.91. The van der Waals surface area contributed by atoms with Crippen LogP contribution in [-0.4, -0.2) is 34.7 Å². The Balaban J connectivity index is 3.95. The Labute approximate surface area is 84.1 Å². The van der Waals surface area contributed by atoms with Crippen molar-refractivity contribution >= 4 is 6.09 Å². The van der Waals surface area contributed by atoms with Crippen molar-refractivity contribution in [3.63, 3.8) is 0 Å². The third-order valence-corrected chi connectivity index (χ3v) is 1.49. The van der Waals surface area contributed by atoms with Gasteiger partial charge in [-0.2, -0.15) is 0 Å². The highest BCUT2D eigenvalue weighted by atomic mass is 16.6. The maximum Gasteiger partial charge on any atom is 0.409 e. The molecular weight excluding hydrogens is 186 g/mol. The predicted octanol–water partition coefficient (Wildman–Crippen LogP) is 0.458. The molecule has 0 aliphatic heterocycles. The van der Waals surface area contributed by atoms with Crippen LogP contribution in [0.3, 0.4) is 0 Å². The Morgan fingerprint density at radius 2 is 2.00 bits per heavy atom. The van der Waals surface area contributed by atoms with Crippen molar-refractivity contribution in [1.29, 1.82) is 0 Å². The maximum absolute atomic E-state index is 11.1. The van der Waals surface area contributed by atoms with Crippen molar-refractivity contribution in [2.45, 2.75) is 39.5 Å². The van der Waals surface area contributed by atoms with Gasteiger partial charge in [-0.3, -0.25) is 5.32 Å². The van der Waals surface area contributed by atoms with Crippen LogP contribution >= 0.6 is 0 Å². The Hall–Kier alpha value is -0.810. The number of carbonyl (C=O) groups is 1. The van der Waals surface area contributed by atoms with Gasteiger partial charge in [0, 0.05) is 12.5 Å². The number of aliphatic hydroxyl groups is 2. The first-order valence-corrected chi connectivity index (χ1v) is 4.54. The van der Waals surface area contributed by atoms with Crippen LogP contribution in [0, 0.1) is 5.92 Å². The molecule has 5 heteroatoms. The zero-order valence-corrected chi connectivity index (χ0v) is 9.07. The van der Waals surface area contributed by atoms with Crippen molar-refractivity contribution in [3.8, 4) is 0 Å². The summed E-state index contributed by atoms with van der Waals surface area (Å²) in [6, 6.07) is 0. The molecule has 0 saturated heterocycles. The SMILES string of the molecule is CC(CO)C(O)NC(=O)OC(C)(C)C. The van der Waals surface area contributed by atoms with E-state index >= 15 is 0 Å². The maximum atomic E-state index is 11.1. The van der Waals surface area contributed by atoms with Crippen molar-refractivity contribution in [2.24, 2.45) is 5.92 Å². The molecule has 0 spiro atoms. The van der Waals surface area contributed by atoms with Gasteiger partial charge in [-0.15, -0.1) is 0 Å². The van der Waals surface area contributed by atoms with Crippen LogP contribution in [0.25, 0.3) is 0 Å². The van der Waals surface area contributed by atoms with Gasteiger partial charge in [0.1, 0.15) is 11.8 Å². The zero-order chi connectivity index (χ0) is 11.4. The first kappa shape index (κ1) is 13.2. The van der Waals surface area contributed by atoms with Crippen LogP contribution in [0.4, 0.5) is 4.79 Å². The number of ether oxygens (including phenoxy) is 1. The van der Waals surface area contributed by atoms with E-state index in [1.807, 2.05) is 0 Å². The molecule has 0 radical (unpaired) electrons. The minimum absolute atomic E-state index is 0.197. The molecule has 0 bridgehead atoms. The van der Waals surface area contributed by atoms with E-state index in [1.54, 1.807) is 27.7 Å². The smallest absolute Gasteiger partial charge is 0.409 e. The molecule has 0 fully saturated rings. The number of nitrogens with one attached hydrogen (secondary N) is 1. The molecule has 0 aliphatic rings. The summed E-state index contributed by atoms with van der Waals surface area (Å²) in [5.41, 5.74) is -0.591. The summed E-state index contributed by atoms with van der Waals surface area (Å²) in [7, 11) is 0. The quantitative estimate of drug-likeness (QED) is 0.585. The van der Waals surface area contributed by atoms with Crippen molar-refractivity contribution in [3.05, 3.63) is 0 Å². The highest BCUT2D eigenvalue weighted by molar-refractivity contribution is 5.67. The first-order chi connectivity index (χ1) is 6.26.